The molecule has 0 saturated carbocycles. The number of hydrogen-bond donors (Lipinski definition) is 1. The second-order valence-corrected chi connectivity index (χ2v) is 8.20. The number of aryl methyl sites for hydroxylation is 3. The Balaban J connectivity index is 1.97. The molecule has 0 saturated heterocycles. The van der Waals surface area contributed by atoms with Crippen LogP contribution in [0.5, 0.6) is 0 Å². The highest BCUT2D eigenvalue weighted by atomic mass is 19.4. The number of carboxylic acids is 1. The van der Waals surface area contributed by atoms with Crippen LogP contribution in [0.25, 0.3) is 11.1 Å². The highest BCUT2D eigenvalue weighted by Crippen LogP contribution is 2.33. The van der Waals surface area contributed by atoms with E-state index in [1.807, 2.05) is 26.0 Å². The Bertz CT molecular complexity index is 1050. The quantitative estimate of drug-likeness (QED) is 0.395. The zero-order valence-electron chi connectivity index (χ0n) is 18.2. The summed E-state index contributed by atoms with van der Waals surface area (Å²) in [5, 5.41) is 9.74. The molecule has 0 aliphatic rings. The molecule has 0 fully saturated rings. The van der Waals surface area contributed by atoms with Crippen molar-refractivity contribution in [1.82, 2.24) is 0 Å². The molecule has 1 unspecified atom stereocenters. The van der Waals surface area contributed by atoms with Crippen molar-refractivity contribution in [2.45, 2.75) is 51.6 Å². The zero-order chi connectivity index (χ0) is 23.3. The fourth-order valence-corrected chi connectivity index (χ4v) is 3.85. The van der Waals surface area contributed by atoms with E-state index in [0.717, 1.165) is 36.1 Å². The van der Waals surface area contributed by atoms with Gasteiger partial charge in [0.1, 0.15) is 0 Å². The van der Waals surface area contributed by atoms with Gasteiger partial charge >= 0.3 is 12.1 Å². The Morgan fingerprint density at radius 3 is 2.06 bits per heavy atom. The van der Waals surface area contributed by atoms with Gasteiger partial charge in [-0.05, 0) is 66.1 Å². The predicted octanol–water partition coefficient (Wildman–Crippen LogP) is 7.43. The van der Waals surface area contributed by atoms with Gasteiger partial charge < -0.3 is 5.11 Å². The molecule has 0 radical (unpaired) electrons. The highest BCUT2D eigenvalue weighted by Gasteiger charge is 2.30. The monoisotopic (exact) mass is 440 g/mol. The SMILES string of the molecule is CCCC(C(=O)O)c1cc(CCc2ccc(C)cc2)cc(-c2ccc(C(F)(F)F)cc2)c1. The summed E-state index contributed by atoms with van der Waals surface area (Å²) >= 11 is 0. The van der Waals surface area contributed by atoms with Gasteiger partial charge in [0.05, 0.1) is 11.5 Å². The van der Waals surface area contributed by atoms with Crippen molar-refractivity contribution >= 4 is 5.97 Å². The molecule has 168 valence electrons. The standard InChI is InChI=1S/C27H27F3O2/c1-3-4-25(26(31)32)23-16-20(10-9-19-7-5-18(2)6-8-19)15-22(17-23)21-11-13-24(14-12-21)27(28,29)30/h5-8,11-17,25H,3-4,9-10H2,1-2H3,(H,31,32). The van der Waals surface area contributed by atoms with Gasteiger partial charge in [0.15, 0.2) is 0 Å². The van der Waals surface area contributed by atoms with Gasteiger partial charge in [-0.3, -0.25) is 4.79 Å². The summed E-state index contributed by atoms with van der Waals surface area (Å²) in [7, 11) is 0. The maximum atomic E-state index is 13.0. The average molecular weight is 441 g/mol. The van der Waals surface area contributed by atoms with Gasteiger partial charge in [0.2, 0.25) is 0 Å². The van der Waals surface area contributed by atoms with Crippen LogP contribution < -0.4 is 0 Å². The van der Waals surface area contributed by atoms with Gasteiger partial charge in [-0.2, -0.15) is 13.2 Å². The maximum Gasteiger partial charge on any atom is 0.416 e. The van der Waals surface area contributed by atoms with Crippen molar-refractivity contribution in [2.75, 3.05) is 0 Å². The summed E-state index contributed by atoms with van der Waals surface area (Å²) in [5.41, 5.74) is 4.70. The summed E-state index contributed by atoms with van der Waals surface area (Å²) in [4.78, 5) is 11.9. The Morgan fingerprint density at radius 2 is 1.50 bits per heavy atom. The lowest BCUT2D eigenvalue weighted by Gasteiger charge is -2.16. The van der Waals surface area contributed by atoms with Gasteiger partial charge in [0, 0.05) is 0 Å². The van der Waals surface area contributed by atoms with Crippen molar-refractivity contribution in [3.05, 3.63) is 94.5 Å². The third kappa shape index (κ3) is 6.00. The van der Waals surface area contributed by atoms with Crippen molar-refractivity contribution in [3.63, 3.8) is 0 Å². The van der Waals surface area contributed by atoms with E-state index in [-0.39, 0.29) is 0 Å². The Labute approximate surface area is 186 Å². The van der Waals surface area contributed by atoms with Crippen molar-refractivity contribution < 1.29 is 23.1 Å². The fourth-order valence-electron chi connectivity index (χ4n) is 3.85. The minimum Gasteiger partial charge on any atom is -0.481 e. The maximum absolute atomic E-state index is 13.0. The lowest BCUT2D eigenvalue weighted by Crippen LogP contribution is -2.12. The van der Waals surface area contributed by atoms with Crippen LogP contribution in [0.1, 0.15) is 53.5 Å². The van der Waals surface area contributed by atoms with Gasteiger partial charge in [-0.1, -0.05) is 73.5 Å². The van der Waals surface area contributed by atoms with E-state index >= 15 is 0 Å². The largest absolute Gasteiger partial charge is 0.481 e. The van der Waals surface area contributed by atoms with E-state index in [1.165, 1.54) is 23.3 Å². The second-order valence-electron chi connectivity index (χ2n) is 8.20. The molecular formula is C27H27F3O2. The topological polar surface area (TPSA) is 37.3 Å². The summed E-state index contributed by atoms with van der Waals surface area (Å²) in [6.07, 6.45) is -1.66. The number of alkyl halides is 3. The van der Waals surface area contributed by atoms with E-state index in [0.29, 0.717) is 24.0 Å². The van der Waals surface area contributed by atoms with Crippen molar-refractivity contribution in [2.24, 2.45) is 0 Å². The fraction of sp³-hybridized carbons (Fsp3) is 0.296. The molecule has 0 heterocycles. The normalized spacial score (nSPS) is 12.5. The molecule has 0 aliphatic carbocycles. The molecule has 2 nitrogen and oxygen atoms in total. The first-order chi connectivity index (χ1) is 15.2. The number of carboxylic acid groups (broad SMARTS) is 1. The second kappa shape index (κ2) is 10.0. The van der Waals surface area contributed by atoms with Crippen molar-refractivity contribution in [1.29, 1.82) is 0 Å². The minimum absolute atomic E-state index is 0.503. The lowest BCUT2D eigenvalue weighted by atomic mass is 9.88. The third-order valence-corrected chi connectivity index (χ3v) is 5.66. The van der Waals surface area contributed by atoms with Crippen LogP contribution in [-0.4, -0.2) is 11.1 Å². The Kier molecular flexibility index (Phi) is 7.39. The summed E-state index contributed by atoms with van der Waals surface area (Å²) in [5.74, 6) is -1.53. The molecule has 0 amide bonds. The molecule has 3 rings (SSSR count). The Morgan fingerprint density at radius 1 is 0.875 bits per heavy atom. The van der Waals surface area contributed by atoms with Crippen LogP contribution in [0.3, 0.4) is 0 Å². The van der Waals surface area contributed by atoms with Crippen LogP contribution in [0, 0.1) is 6.92 Å². The van der Waals surface area contributed by atoms with Gasteiger partial charge in [0.25, 0.3) is 0 Å². The summed E-state index contributed by atoms with van der Waals surface area (Å²) in [6.45, 7) is 3.97. The average Bonchev–Trinajstić information content (AvgIpc) is 2.76. The molecule has 1 N–H and O–H groups in total. The molecular weight excluding hydrogens is 413 g/mol. The molecule has 0 spiro atoms. The molecule has 5 heteroatoms. The minimum atomic E-state index is -4.39. The first kappa shape index (κ1) is 23.6. The molecule has 0 aromatic heterocycles. The van der Waals surface area contributed by atoms with E-state index < -0.39 is 23.6 Å². The van der Waals surface area contributed by atoms with Crippen LogP contribution in [0.15, 0.2) is 66.7 Å². The first-order valence-corrected chi connectivity index (χ1v) is 10.8. The number of carbonyl (C=O) groups is 1. The van der Waals surface area contributed by atoms with E-state index in [4.69, 9.17) is 0 Å². The molecule has 3 aromatic rings. The zero-order valence-corrected chi connectivity index (χ0v) is 18.2. The van der Waals surface area contributed by atoms with Crippen LogP contribution in [0.2, 0.25) is 0 Å². The molecule has 1 atom stereocenters. The third-order valence-electron chi connectivity index (χ3n) is 5.66. The van der Waals surface area contributed by atoms with E-state index in [1.54, 1.807) is 6.07 Å². The highest BCUT2D eigenvalue weighted by molar-refractivity contribution is 5.77. The first-order valence-electron chi connectivity index (χ1n) is 10.8. The predicted molar refractivity (Wildman–Crippen MR) is 121 cm³/mol. The number of benzene rings is 3. The number of aliphatic carboxylic acids is 1. The summed E-state index contributed by atoms with van der Waals surface area (Å²) < 4.78 is 38.9. The number of hydrogen-bond acceptors (Lipinski definition) is 1. The smallest absolute Gasteiger partial charge is 0.416 e. The summed E-state index contributed by atoms with van der Waals surface area (Å²) in [6, 6.07) is 19.0. The molecule has 0 aliphatic heterocycles. The molecule has 3 aromatic carbocycles. The van der Waals surface area contributed by atoms with E-state index in [9.17, 15) is 23.1 Å². The van der Waals surface area contributed by atoms with E-state index in [2.05, 4.69) is 24.3 Å². The van der Waals surface area contributed by atoms with Crippen LogP contribution >= 0.6 is 0 Å². The number of rotatable bonds is 8. The van der Waals surface area contributed by atoms with Gasteiger partial charge in [-0.15, -0.1) is 0 Å². The van der Waals surface area contributed by atoms with Crippen LogP contribution in [0.4, 0.5) is 13.2 Å². The molecule has 0 bridgehead atoms. The van der Waals surface area contributed by atoms with Gasteiger partial charge in [-0.25, -0.2) is 0 Å². The van der Waals surface area contributed by atoms with Crippen molar-refractivity contribution in [3.8, 4) is 11.1 Å². The Hall–Kier alpha value is -3.08. The molecule has 32 heavy (non-hydrogen) atoms. The lowest BCUT2D eigenvalue weighted by molar-refractivity contribution is -0.139. The number of halogens is 3. The van der Waals surface area contributed by atoms with Crippen LogP contribution in [-0.2, 0) is 23.8 Å².